The lowest BCUT2D eigenvalue weighted by atomic mass is 10.1. The van der Waals surface area contributed by atoms with Gasteiger partial charge in [-0.15, -0.1) is 0 Å². The van der Waals surface area contributed by atoms with E-state index in [1.807, 2.05) is 55.5 Å². The summed E-state index contributed by atoms with van der Waals surface area (Å²) in [4.78, 5) is 12.1. The predicted octanol–water partition coefficient (Wildman–Crippen LogP) is 3.36. The molecule has 0 spiro atoms. The average Bonchev–Trinajstić information content (AvgIpc) is 2.38. The highest BCUT2D eigenvalue weighted by molar-refractivity contribution is 14.1. The molecule has 0 bridgehead atoms. The van der Waals surface area contributed by atoms with Crippen molar-refractivity contribution in [2.45, 2.75) is 13.0 Å². The lowest BCUT2D eigenvalue weighted by Gasteiger charge is -2.15. The molecule has 0 aliphatic heterocycles. The van der Waals surface area contributed by atoms with Crippen molar-refractivity contribution in [3.05, 3.63) is 63.2 Å². The zero-order valence-electron chi connectivity index (χ0n) is 10.6. The van der Waals surface area contributed by atoms with Crippen molar-refractivity contribution in [3.63, 3.8) is 0 Å². The lowest BCUT2D eigenvalue weighted by Crippen LogP contribution is -2.26. The fourth-order valence-corrected chi connectivity index (χ4v) is 2.36. The van der Waals surface area contributed by atoms with Crippen LogP contribution in [0.5, 0.6) is 0 Å². The van der Waals surface area contributed by atoms with Gasteiger partial charge in [0.2, 0.25) is 0 Å². The molecule has 19 heavy (non-hydrogen) atoms. The van der Waals surface area contributed by atoms with Crippen molar-refractivity contribution >= 4 is 34.2 Å². The van der Waals surface area contributed by atoms with Crippen molar-refractivity contribution in [1.29, 1.82) is 0 Å². The van der Waals surface area contributed by atoms with E-state index >= 15 is 0 Å². The van der Waals surface area contributed by atoms with Crippen molar-refractivity contribution < 1.29 is 4.79 Å². The number of carbonyl (C=O) groups excluding carboxylic acids is 1. The molecule has 1 unspecified atom stereocenters. The maximum atomic E-state index is 12.1. The monoisotopic (exact) mass is 366 g/mol. The summed E-state index contributed by atoms with van der Waals surface area (Å²) in [5.41, 5.74) is 8.11. The van der Waals surface area contributed by atoms with Gasteiger partial charge in [0.1, 0.15) is 0 Å². The molecule has 0 fully saturated rings. The topological polar surface area (TPSA) is 55.1 Å². The van der Waals surface area contributed by atoms with E-state index in [0.717, 1.165) is 9.13 Å². The molecule has 98 valence electrons. The SMILES string of the molecule is CC(NC(=O)c1cccc(I)c1)c1cccc(N)c1. The first-order valence-corrected chi connectivity index (χ1v) is 7.06. The Balaban J connectivity index is 2.11. The molecule has 0 saturated heterocycles. The van der Waals surface area contributed by atoms with Crippen LogP contribution >= 0.6 is 22.6 Å². The van der Waals surface area contributed by atoms with Gasteiger partial charge >= 0.3 is 0 Å². The van der Waals surface area contributed by atoms with Crippen molar-refractivity contribution in [1.82, 2.24) is 5.32 Å². The molecule has 2 aromatic carbocycles. The van der Waals surface area contributed by atoms with Crippen LogP contribution < -0.4 is 11.1 Å². The number of benzene rings is 2. The Bertz CT molecular complexity index is 598. The third-order valence-corrected chi connectivity index (χ3v) is 3.52. The molecular formula is C15H15IN2O. The summed E-state index contributed by atoms with van der Waals surface area (Å²) in [6.07, 6.45) is 0. The van der Waals surface area contributed by atoms with Crippen LogP contribution in [-0.4, -0.2) is 5.91 Å². The van der Waals surface area contributed by atoms with Gasteiger partial charge in [0, 0.05) is 14.8 Å². The Labute approximate surface area is 126 Å². The Kier molecular flexibility index (Phi) is 4.42. The average molecular weight is 366 g/mol. The van der Waals surface area contributed by atoms with Crippen LogP contribution in [0.15, 0.2) is 48.5 Å². The number of carbonyl (C=O) groups is 1. The summed E-state index contributed by atoms with van der Waals surface area (Å²) in [7, 11) is 0. The van der Waals surface area contributed by atoms with Crippen molar-refractivity contribution in [2.75, 3.05) is 5.73 Å². The largest absolute Gasteiger partial charge is 0.399 e. The molecule has 0 heterocycles. The molecule has 0 aliphatic carbocycles. The summed E-state index contributed by atoms with van der Waals surface area (Å²) in [5.74, 6) is -0.0755. The molecular weight excluding hydrogens is 351 g/mol. The van der Waals surface area contributed by atoms with E-state index in [-0.39, 0.29) is 11.9 Å². The number of nitrogens with one attached hydrogen (secondary N) is 1. The first kappa shape index (κ1) is 13.9. The third kappa shape index (κ3) is 3.70. The zero-order valence-corrected chi connectivity index (χ0v) is 12.7. The zero-order chi connectivity index (χ0) is 13.8. The minimum atomic E-state index is -0.0755. The van der Waals surface area contributed by atoms with Gasteiger partial charge in [0.15, 0.2) is 0 Å². The van der Waals surface area contributed by atoms with E-state index < -0.39 is 0 Å². The quantitative estimate of drug-likeness (QED) is 0.647. The Morgan fingerprint density at radius 1 is 1.21 bits per heavy atom. The van der Waals surface area contributed by atoms with E-state index in [1.165, 1.54) is 0 Å². The van der Waals surface area contributed by atoms with Crippen LogP contribution in [-0.2, 0) is 0 Å². The second-order valence-electron chi connectivity index (χ2n) is 4.38. The number of hydrogen-bond donors (Lipinski definition) is 2. The summed E-state index contributed by atoms with van der Waals surface area (Å²) < 4.78 is 1.04. The van der Waals surface area contributed by atoms with Crippen LogP contribution in [0.25, 0.3) is 0 Å². The second kappa shape index (κ2) is 6.06. The van der Waals surface area contributed by atoms with E-state index in [0.29, 0.717) is 11.3 Å². The molecule has 2 aromatic rings. The molecule has 0 aliphatic rings. The number of nitrogen functional groups attached to an aromatic ring is 1. The van der Waals surface area contributed by atoms with Gasteiger partial charge in [-0.1, -0.05) is 18.2 Å². The molecule has 1 amide bonds. The Hall–Kier alpha value is -1.56. The van der Waals surface area contributed by atoms with Gasteiger partial charge in [0.05, 0.1) is 6.04 Å². The normalized spacial score (nSPS) is 11.9. The number of anilines is 1. The fraction of sp³-hybridized carbons (Fsp3) is 0.133. The second-order valence-corrected chi connectivity index (χ2v) is 5.62. The molecule has 0 radical (unpaired) electrons. The van der Waals surface area contributed by atoms with Gasteiger partial charge in [-0.25, -0.2) is 0 Å². The summed E-state index contributed by atoms with van der Waals surface area (Å²) in [6, 6.07) is 15.0. The number of halogens is 1. The van der Waals surface area contributed by atoms with Crippen LogP contribution in [0.3, 0.4) is 0 Å². The van der Waals surface area contributed by atoms with Crippen LogP contribution in [0.4, 0.5) is 5.69 Å². The fourth-order valence-electron chi connectivity index (χ4n) is 1.82. The third-order valence-electron chi connectivity index (χ3n) is 2.85. The molecule has 0 saturated carbocycles. The highest BCUT2D eigenvalue weighted by atomic mass is 127. The van der Waals surface area contributed by atoms with Gasteiger partial charge in [0.25, 0.3) is 5.91 Å². The molecule has 0 aromatic heterocycles. The van der Waals surface area contributed by atoms with Crippen LogP contribution in [0.2, 0.25) is 0 Å². The first-order valence-electron chi connectivity index (χ1n) is 5.98. The molecule has 3 nitrogen and oxygen atoms in total. The highest BCUT2D eigenvalue weighted by Crippen LogP contribution is 2.16. The van der Waals surface area contributed by atoms with Gasteiger partial charge < -0.3 is 11.1 Å². The minimum Gasteiger partial charge on any atom is -0.399 e. The summed E-state index contributed by atoms with van der Waals surface area (Å²) >= 11 is 2.19. The summed E-state index contributed by atoms with van der Waals surface area (Å²) in [5, 5.41) is 2.97. The number of amides is 1. The molecule has 3 N–H and O–H groups in total. The van der Waals surface area contributed by atoms with Gasteiger partial charge in [-0.05, 0) is 65.4 Å². The van der Waals surface area contributed by atoms with E-state index in [4.69, 9.17) is 5.73 Å². The predicted molar refractivity (Wildman–Crippen MR) is 85.9 cm³/mol. The number of rotatable bonds is 3. The molecule has 4 heteroatoms. The van der Waals surface area contributed by atoms with Gasteiger partial charge in [-0.2, -0.15) is 0 Å². The summed E-state index contributed by atoms with van der Waals surface area (Å²) in [6.45, 7) is 1.95. The maximum Gasteiger partial charge on any atom is 0.251 e. The number of nitrogens with two attached hydrogens (primary N) is 1. The maximum absolute atomic E-state index is 12.1. The molecule has 2 rings (SSSR count). The Morgan fingerprint density at radius 2 is 1.95 bits per heavy atom. The van der Waals surface area contributed by atoms with Gasteiger partial charge in [-0.3, -0.25) is 4.79 Å². The highest BCUT2D eigenvalue weighted by Gasteiger charge is 2.11. The minimum absolute atomic E-state index is 0.0751. The Morgan fingerprint density at radius 3 is 2.63 bits per heavy atom. The van der Waals surface area contributed by atoms with Crippen LogP contribution in [0.1, 0.15) is 28.9 Å². The smallest absolute Gasteiger partial charge is 0.251 e. The lowest BCUT2D eigenvalue weighted by molar-refractivity contribution is 0.0940. The first-order chi connectivity index (χ1) is 9.06. The standard InChI is InChI=1S/C15H15IN2O/c1-10(11-4-3-7-14(17)9-11)18-15(19)12-5-2-6-13(16)8-12/h2-10H,17H2,1H3,(H,18,19). The number of hydrogen-bond acceptors (Lipinski definition) is 2. The van der Waals surface area contributed by atoms with E-state index in [1.54, 1.807) is 0 Å². The van der Waals surface area contributed by atoms with Crippen molar-refractivity contribution in [2.24, 2.45) is 0 Å². The van der Waals surface area contributed by atoms with E-state index in [9.17, 15) is 4.79 Å². The van der Waals surface area contributed by atoms with Crippen molar-refractivity contribution in [3.8, 4) is 0 Å². The molecule has 1 atom stereocenters. The van der Waals surface area contributed by atoms with Crippen LogP contribution in [0, 0.1) is 3.57 Å². The van der Waals surface area contributed by atoms with E-state index in [2.05, 4.69) is 27.9 Å².